The minimum absolute atomic E-state index is 0.336. The molecule has 7 heteroatoms. The molecule has 1 aliphatic rings. The summed E-state index contributed by atoms with van der Waals surface area (Å²) in [5.41, 5.74) is 2.15. The van der Waals surface area contributed by atoms with Crippen LogP contribution in [0, 0.1) is 0 Å². The molecular weight excluding hydrogens is 380 g/mol. The fraction of sp³-hybridized carbons (Fsp3) is 0.435. The van der Waals surface area contributed by atoms with Crippen molar-refractivity contribution in [2.45, 2.75) is 25.9 Å². The molecule has 3 rings (SSSR count). The van der Waals surface area contributed by atoms with Gasteiger partial charge in [0.05, 0.1) is 33.4 Å². The second-order valence-corrected chi connectivity index (χ2v) is 7.12. The number of hydrogen-bond donors (Lipinski definition) is 2. The van der Waals surface area contributed by atoms with Gasteiger partial charge >= 0.3 is 0 Å². The van der Waals surface area contributed by atoms with Gasteiger partial charge in [0, 0.05) is 43.5 Å². The highest BCUT2D eigenvalue weighted by molar-refractivity contribution is 5.80. The zero-order chi connectivity index (χ0) is 21.3. The van der Waals surface area contributed by atoms with Crippen molar-refractivity contribution in [2.75, 3.05) is 45.9 Å². The molecule has 1 saturated heterocycles. The van der Waals surface area contributed by atoms with Gasteiger partial charge in [0.25, 0.3) is 0 Å². The Morgan fingerprint density at radius 1 is 1.07 bits per heavy atom. The zero-order valence-electron chi connectivity index (χ0n) is 18.3. The summed E-state index contributed by atoms with van der Waals surface area (Å²) in [6, 6.07) is 14.6. The van der Waals surface area contributed by atoms with Crippen LogP contribution in [0.25, 0.3) is 0 Å². The minimum atomic E-state index is 0.336. The maximum Gasteiger partial charge on any atom is 0.191 e. The average molecular weight is 413 g/mol. The number of ether oxygens (including phenoxy) is 3. The lowest BCUT2D eigenvalue weighted by molar-refractivity contribution is 0.369. The van der Waals surface area contributed by atoms with E-state index in [1.54, 1.807) is 21.3 Å². The monoisotopic (exact) mass is 412 g/mol. The molecule has 1 atom stereocenters. The lowest BCUT2D eigenvalue weighted by Crippen LogP contribution is -2.44. The fourth-order valence-electron chi connectivity index (χ4n) is 3.66. The number of para-hydroxylation sites is 1. The van der Waals surface area contributed by atoms with E-state index < -0.39 is 0 Å². The smallest absolute Gasteiger partial charge is 0.191 e. The predicted octanol–water partition coefficient (Wildman–Crippen LogP) is 3.05. The van der Waals surface area contributed by atoms with Crippen LogP contribution in [0.15, 0.2) is 47.5 Å². The van der Waals surface area contributed by atoms with Crippen LogP contribution < -0.4 is 29.7 Å². The summed E-state index contributed by atoms with van der Waals surface area (Å²) in [5, 5.41) is 6.92. The maximum absolute atomic E-state index is 5.54. The van der Waals surface area contributed by atoms with E-state index in [0.29, 0.717) is 29.8 Å². The largest absolute Gasteiger partial charge is 0.496 e. The maximum atomic E-state index is 5.54. The topological polar surface area (TPSA) is 67.4 Å². The molecule has 1 aliphatic heterocycles. The first kappa shape index (κ1) is 21.6. The van der Waals surface area contributed by atoms with Gasteiger partial charge in [0.15, 0.2) is 5.96 Å². The molecule has 1 unspecified atom stereocenters. The first-order valence-corrected chi connectivity index (χ1v) is 10.3. The Morgan fingerprint density at radius 2 is 1.77 bits per heavy atom. The third kappa shape index (κ3) is 5.28. The zero-order valence-corrected chi connectivity index (χ0v) is 18.3. The van der Waals surface area contributed by atoms with Gasteiger partial charge < -0.3 is 29.7 Å². The lowest BCUT2D eigenvalue weighted by Gasteiger charge is -2.20. The molecular formula is C23H32N4O3. The molecule has 2 aromatic carbocycles. The van der Waals surface area contributed by atoms with Crippen molar-refractivity contribution in [3.63, 3.8) is 0 Å². The molecule has 30 heavy (non-hydrogen) atoms. The predicted molar refractivity (Wildman–Crippen MR) is 121 cm³/mol. The number of nitrogens with one attached hydrogen (secondary N) is 2. The molecule has 7 nitrogen and oxygen atoms in total. The van der Waals surface area contributed by atoms with Gasteiger partial charge in [-0.15, -0.1) is 0 Å². The lowest BCUT2D eigenvalue weighted by atomic mass is 10.1. The minimum Gasteiger partial charge on any atom is -0.496 e. The van der Waals surface area contributed by atoms with Crippen LogP contribution in [0.5, 0.6) is 17.2 Å². The van der Waals surface area contributed by atoms with Crippen molar-refractivity contribution >= 4 is 11.6 Å². The van der Waals surface area contributed by atoms with E-state index in [9.17, 15) is 0 Å². The normalized spacial score (nSPS) is 16.3. The molecule has 0 amide bonds. The Hall–Kier alpha value is -3.09. The van der Waals surface area contributed by atoms with Gasteiger partial charge in [0.1, 0.15) is 17.2 Å². The molecule has 0 bridgehead atoms. The summed E-state index contributed by atoms with van der Waals surface area (Å²) in [6.07, 6.45) is 1.06. The van der Waals surface area contributed by atoms with Crippen molar-refractivity contribution < 1.29 is 14.2 Å². The van der Waals surface area contributed by atoms with Gasteiger partial charge in [-0.3, -0.25) is 0 Å². The SMILES string of the molecule is CCNC(=NCc1c(OC)cc(OC)cc1OC)NC1CCN(c2ccccc2)C1. The third-order valence-electron chi connectivity index (χ3n) is 5.21. The number of benzene rings is 2. The van der Waals surface area contributed by atoms with E-state index in [-0.39, 0.29) is 0 Å². The molecule has 0 aliphatic carbocycles. The molecule has 0 radical (unpaired) electrons. The Balaban J connectivity index is 1.71. The quantitative estimate of drug-likeness (QED) is 0.513. The third-order valence-corrected chi connectivity index (χ3v) is 5.21. The van der Waals surface area contributed by atoms with Crippen molar-refractivity contribution in [1.82, 2.24) is 10.6 Å². The Labute approximate surface area is 179 Å². The molecule has 1 fully saturated rings. The van der Waals surface area contributed by atoms with E-state index in [1.165, 1.54) is 5.69 Å². The summed E-state index contributed by atoms with van der Waals surface area (Å²) in [6.45, 7) is 5.26. The summed E-state index contributed by atoms with van der Waals surface area (Å²) in [7, 11) is 4.91. The van der Waals surface area contributed by atoms with Crippen molar-refractivity contribution in [1.29, 1.82) is 0 Å². The second-order valence-electron chi connectivity index (χ2n) is 7.12. The fourth-order valence-corrected chi connectivity index (χ4v) is 3.66. The molecule has 0 spiro atoms. The van der Waals surface area contributed by atoms with Crippen LogP contribution >= 0.6 is 0 Å². The van der Waals surface area contributed by atoms with Gasteiger partial charge in [-0.2, -0.15) is 0 Å². The highest BCUT2D eigenvalue weighted by Gasteiger charge is 2.23. The van der Waals surface area contributed by atoms with Gasteiger partial charge in [-0.1, -0.05) is 18.2 Å². The number of nitrogens with zero attached hydrogens (tertiary/aromatic N) is 2. The van der Waals surface area contributed by atoms with E-state index in [4.69, 9.17) is 19.2 Å². The summed E-state index contributed by atoms with van der Waals surface area (Å²) in [4.78, 5) is 7.19. The van der Waals surface area contributed by atoms with Gasteiger partial charge in [-0.25, -0.2) is 4.99 Å². The van der Waals surface area contributed by atoms with Crippen molar-refractivity contribution in [3.05, 3.63) is 48.0 Å². The number of hydrogen-bond acceptors (Lipinski definition) is 5. The number of methoxy groups -OCH3 is 3. The van der Waals surface area contributed by atoms with Gasteiger partial charge in [0.2, 0.25) is 0 Å². The molecule has 162 valence electrons. The van der Waals surface area contributed by atoms with E-state index in [1.807, 2.05) is 18.2 Å². The van der Waals surface area contributed by atoms with Crippen LogP contribution in [0.1, 0.15) is 18.9 Å². The molecule has 0 saturated carbocycles. The highest BCUT2D eigenvalue weighted by atomic mass is 16.5. The van der Waals surface area contributed by atoms with Crippen LogP contribution in [-0.2, 0) is 6.54 Å². The van der Waals surface area contributed by atoms with Crippen molar-refractivity contribution in [2.24, 2.45) is 4.99 Å². The number of rotatable bonds is 8. The number of guanidine groups is 1. The van der Waals surface area contributed by atoms with Crippen molar-refractivity contribution in [3.8, 4) is 17.2 Å². The van der Waals surface area contributed by atoms with E-state index in [0.717, 1.165) is 37.6 Å². The highest BCUT2D eigenvalue weighted by Crippen LogP contribution is 2.34. The van der Waals surface area contributed by atoms with E-state index in [2.05, 4.69) is 46.7 Å². The Bertz CT molecular complexity index is 817. The Kier molecular flexibility index (Phi) is 7.65. The average Bonchev–Trinajstić information content (AvgIpc) is 3.26. The first-order valence-electron chi connectivity index (χ1n) is 10.3. The van der Waals surface area contributed by atoms with Gasteiger partial charge in [-0.05, 0) is 25.5 Å². The van der Waals surface area contributed by atoms with Crippen LogP contribution in [0.2, 0.25) is 0 Å². The number of aliphatic imine (C=N–C) groups is 1. The number of anilines is 1. The summed E-state index contributed by atoms with van der Waals surface area (Å²) < 4.78 is 16.4. The van der Waals surface area contributed by atoms with Crippen LogP contribution in [0.3, 0.4) is 0 Å². The molecule has 2 aromatic rings. The Morgan fingerprint density at radius 3 is 2.37 bits per heavy atom. The standard InChI is InChI=1S/C23H32N4O3/c1-5-24-23(26-17-11-12-27(16-17)18-9-7-6-8-10-18)25-15-20-21(29-3)13-19(28-2)14-22(20)30-4/h6-10,13-14,17H,5,11-12,15-16H2,1-4H3,(H2,24,25,26). The van der Waals surface area contributed by atoms with Crippen LogP contribution in [0.4, 0.5) is 5.69 Å². The van der Waals surface area contributed by atoms with E-state index >= 15 is 0 Å². The first-order chi connectivity index (χ1) is 14.7. The van der Waals surface area contributed by atoms with Crippen LogP contribution in [-0.4, -0.2) is 53.0 Å². The summed E-state index contributed by atoms with van der Waals surface area (Å²) in [5.74, 6) is 2.87. The molecule has 1 heterocycles. The summed E-state index contributed by atoms with van der Waals surface area (Å²) >= 11 is 0. The molecule has 2 N–H and O–H groups in total. The molecule has 0 aromatic heterocycles. The second kappa shape index (κ2) is 10.6.